The number of fused-ring (bicyclic) bond motifs is 9. The zero-order chi connectivity index (χ0) is 25.1. The fourth-order valence-corrected chi connectivity index (χ4v) is 8.52. The summed E-state index contributed by atoms with van der Waals surface area (Å²) in [5.74, 6) is 1.66. The van der Waals surface area contributed by atoms with Crippen LogP contribution in [0.25, 0.3) is 0 Å². The molecule has 8 rings (SSSR count). The molecule has 0 bridgehead atoms. The van der Waals surface area contributed by atoms with Crippen LogP contribution in [0.4, 0.5) is 11.4 Å². The first-order valence-electron chi connectivity index (χ1n) is 14.4. The van der Waals surface area contributed by atoms with Gasteiger partial charge in [-0.1, -0.05) is 56.3 Å². The monoisotopic (exact) mass is 489 g/mol. The van der Waals surface area contributed by atoms with Gasteiger partial charge in [0, 0.05) is 47.5 Å². The van der Waals surface area contributed by atoms with E-state index in [1.807, 2.05) is 0 Å². The van der Waals surface area contributed by atoms with Crippen molar-refractivity contribution < 1.29 is 9.31 Å². The Morgan fingerprint density at radius 2 is 1.78 bits per heavy atom. The number of rotatable bonds is 1. The maximum absolute atomic E-state index is 6.97. The number of anilines is 1. The van der Waals surface area contributed by atoms with Crippen LogP contribution in [0, 0.1) is 11.8 Å². The number of hydrogen-bond donors (Lipinski definition) is 0. The Morgan fingerprint density at radius 3 is 2.65 bits per heavy atom. The van der Waals surface area contributed by atoms with Crippen molar-refractivity contribution >= 4 is 17.1 Å². The van der Waals surface area contributed by atoms with Crippen LogP contribution in [0.1, 0.15) is 64.0 Å². The summed E-state index contributed by atoms with van der Waals surface area (Å²) in [6.07, 6.45) is 8.97. The van der Waals surface area contributed by atoms with E-state index in [0.717, 1.165) is 25.9 Å². The summed E-state index contributed by atoms with van der Waals surface area (Å²) in [6.45, 7) is 11.8. The van der Waals surface area contributed by atoms with E-state index in [4.69, 9.17) is 4.74 Å². The van der Waals surface area contributed by atoms with Crippen molar-refractivity contribution in [1.82, 2.24) is 0 Å². The van der Waals surface area contributed by atoms with Gasteiger partial charge in [0.25, 0.3) is 0 Å². The van der Waals surface area contributed by atoms with Crippen LogP contribution < -0.4 is 4.90 Å². The summed E-state index contributed by atoms with van der Waals surface area (Å²) < 4.78 is 9.55. The summed E-state index contributed by atoms with van der Waals surface area (Å²) in [5.41, 5.74) is 13.2. The second-order valence-electron chi connectivity index (χ2n) is 12.8. The highest BCUT2D eigenvalue weighted by Crippen LogP contribution is 2.54. The van der Waals surface area contributed by atoms with Crippen molar-refractivity contribution in [3.8, 4) is 0 Å². The molecule has 37 heavy (non-hydrogen) atoms. The second-order valence-corrected chi connectivity index (χ2v) is 12.8. The van der Waals surface area contributed by atoms with E-state index in [9.17, 15) is 0 Å². The molecule has 6 aliphatic rings. The minimum atomic E-state index is -0.00553. The van der Waals surface area contributed by atoms with E-state index >= 15 is 0 Å². The van der Waals surface area contributed by atoms with Gasteiger partial charge in [-0.05, 0) is 67.4 Å². The third-order valence-corrected chi connectivity index (χ3v) is 10.1. The van der Waals surface area contributed by atoms with Gasteiger partial charge < -0.3 is 9.64 Å². The Labute approximate surface area is 220 Å². The lowest BCUT2D eigenvalue weighted by molar-refractivity contribution is -0.445. The van der Waals surface area contributed by atoms with Crippen LogP contribution in [-0.2, 0) is 10.2 Å². The molecule has 2 aromatic rings. The van der Waals surface area contributed by atoms with Gasteiger partial charge in [0.2, 0.25) is 5.69 Å². The van der Waals surface area contributed by atoms with Crippen LogP contribution in [-0.4, -0.2) is 35.6 Å². The lowest BCUT2D eigenvalue weighted by Gasteiger charge is -2.43. The molecule has 4 atom stereocenters. The minimum Gasteiger partial charge on any atom is -0.365 e. The molecule has 5 aliphatic heterocycles. The van der Waals surface area contributed by atoms with E-state index in [2.05, 4.69) is 97.9 Å². The lowest BCUT2D eigenvalue weighted by atomic mass is 9.72. The van der Waals surface area contributed by atoms with Crippen molar-refractivity contribution in [3.63, 3.8) is 0 Å². The normalized spacial score (nSPS) is 30.6. The fraction of sp³-hybridized carbons (Fsp3) is 0.441. The Bertz CT molecular complexity index is 1470. The minimum absolute atomic E-state index is 0.00553. The molecule has 0 aromatic heterocycles. The highest BCUT2D eigenvalue weighted by Gasteiger charge is 2.53. The predicted octanol–water partition coefficient (Wildman–Crippen LogP) is 7.02. The van der Waals surface area contributed by atoms with Crippen LogP contribution >= 0.6 is 0 Å². The molecular formula is C34H37N2O+. The number of hydrogen-bond acceptors (Lipinski definition) is 2. The highest BCUT2D eigenvalue weighted by atomic mass is 16.5. The second kappa shape index (κ2) is 7.57. The van der Waals surface area contributed by atoms with Gasteiger partial charge >= 0.3 is 0 Å². The van der Waals surface area contributed by atoms with Gasteiger partial charge in [-0.25, -0.2) is 0 Å². The molecule has 188 valence electrons. The lowest BCUT2D eigenvalue weighted by Crippen LogP contribution is -2.46. The molecule has 3 heteroatoms. The first-order chi connectivity index (χ1) is 17.9. The van der Waals surface area contributed by atoms with E-state index < -0.39 is 0 Å². The molecule has 0 fully saturated rings. The average Bonchev–Trinajstić information content (AvgIpc) is 3.36. The summed E-state index contributed by atoms with van der Waals surface area (Å²) >= 11 is 0. The SMILES string of the molecule is CC(C)C1C2=C3C=C4C=C5C6=[N+](CC[C@H]5O[C@H]4C[C@H]3CCN2c2ccccc21)c1ccccc1C6(C)C. The third-order valence-electron chi connectivity index (χ3n) is 10.1. The first kappa shape index (κ1) is 22.1. The molecule has 0 radical (unpaired) electrons. The van der Waals surface area contributed by atoms with Crippen LogP contribution in [0.5, 0.6) is 0 Å². The third kappa shape index (κ3) is 2.90. The van der Waals surface area contributed by atoms with Gasteiger partial charge in [0.15, 0.2) is 12.3 Å². The van der Waals surface area contributed by atoms with Crippen molar-refractivity contribution in [2.75, 3.05) is 18.0 Å². The van der Waals surface area contributed by atoms with E-state index in [1.54, 1.807) is 11.3 Å². The maximum atomic E-state index is 6.97. The summed E-state index contributed by atoms with van der Waals surface area (Å²) in [7, 11) is 0. The Morgan fingerprint density at radius 1 is 0.973 bits per heavy atom. The van der Waals surface area contributed by atoms with Gasteiger partial charge in [0.1, 0.15) is 0 Å². The predicted molar refractivity (Wildman–Crippen MR) is 150 cm³/mol. The number of benzene rings is 2. The number of ether oxygens (including phenoxy) is 1. The molecule has 0 spiro atoms. The first-order valence-corrected chi connectivity index (χ1v) is 14.4. The molecule has 0 N–H and O–H groups in total. The van der Waals surface area contributed by atoms with Crippen LogP contribution in [0.15, 0.2) is 83.1 Å². The molecular weight excluding hydrogens is 452 g/mol. The quantitative estimate of drug-likeness (QED) is 0.400. The standard InChI is InChI=1S/C34H37N2O/c1-20(2)31-23-9-5-7-11-27(23)35-15-13-21-19-30-22(17-24(21)32(31)35)18-25-29(37-30)14-16-36-28-12-8-6-10-26(28)34(3,4)33(25)36/h5-12,17-18,20-21,29-31H,13-16,19H2,1-4H3/q+1/t21-,29-,30+,31?/m1/s1. The van der Waals surface area contributed by atoms with Crippen LogP contribution in [0.3, 0.4) is 0 Å². The zero-order valence-electron chi connectivity index (χ0n) is 22.5. The molecule has 0 saturated carbocycles. The van der Waals surface area contributed by atoms with Crippen molar-refractivity contribution in [3.05, 3.63) is 94.2 Å². The van der Waals surface area contributed by atoms with E-state index in [1.165, 1.54) is 45.8 Å². The molecule has 1 aliphatic carbocycles. The largest absolute Gasteiger partial charge is 0.365 e. The number of nitrogens with zero attached hydrogens (tertiary/aromatic N) is 2. The topological polar surface area (TPSA) is 15.5 Å². The number of allylic oxidation sites excluding steroid dienone is 3. The molecule has 0 saturated heterocycles. The van der Waals surface area contributed by atoms with Crippen molar-refractivity contribution in [1.29, 1.82) is 0 Å². The molecule has 3 nitrogen and oxygen atoms in total. The van der Waals surface area contributed by atoms with Crippen molar-refractivity contribution in [2.45, 2.75) is 70.5 Å². The maximum Gasteiger partial charge on any atom is 0.209 e. The number of para-hydroxylation sites is 2. The average molecular weight is 490 g/mol. The Balaban J connectivity index is 1.28. The van der Waals surface area contributed by atoms with Gasteiger partial charge in [0.05, 0.1) is 17.6 Å². The summed E-state index contributed by atoms with van der Waals surface area (Å²) in [5, 5.41) is 0. The van der Waals surface area contributed by atoms with Gasteiger partial charge in [-0.15, -0.1) is 0 Å². The van der Waals surface area contributed by atoms with Gasteiger partial charge in [-0.2, -0.15) is 4.58 Å². The smallest absolute Gasteiger partial charge is 0.209 e. The zero-order valence-corrected chi connectivity index (χ0v) is 22.5. The summed E-state index contributed by atoms with van der Waals surface area (Å²) in [6, 6.07) is 18.1. The van der Waals surface area contributed by atoms with Crippen LogP contribution in [0.2, 0.25) is 0 Å². The van der Waals surface area contributed by atoms with E-state index in [-0.39, 0.29) is 17.6 Å². The molecule has 2 aromatic carbocycles. The highest BCUT2D eigenvalue weighted by molar-refractivity contribution is 6.08. The molecule has 0 amide bonds. The fourth-order valence-electron chi connectivity index (χ4n) is 8.52. The van der Waals surface area contributed by atoms with Crippen molar-refractivity contribution in [2.24, 2.45) is 11.8 Å². The Hall–Kier alpha value is -2.91. The Kier molecular flexibility index (Phi) is 4.52. The molecule has 1 unspecified atom stereocenters. The van der Waals surface area contributed by atoms with Gasteiger partial charge in [-0.3, -0.25) is 0 Å². The molecule has 5 heterocycles. The summed E-state index contributed by atoms with van der Waals surface area (Å²) in [4.78, 5) is 2.65. The van der Waals surface area contributed by atoms with E-state index in [0.29, 0.717) is 17.8 Å².